The molecule has 0 saturated heterocycles. The summed E-state index contributed by atoms with van der Waals surface area (Å²) in [6, 6.07) is 11.0. The number of hydrogen-bond acceptors (Lipinski definition) is 5. The van der Waals surface area contributed by atoms with E-state index in [1.165, 1.54) is 13.2 Å². The fourth-order valence-electron chi connectivity index (χ4n) is 2.37. The normalized spacial score (nSPS) is 11.7. The molecule has 1 atom stereocenters. The number of benzene rings is 1. The molecule has 2 rings (SSSR count). The van der Waals surface area contributed by atoms with Crippen LogP contribution in [0.4, 0.5) is 0 Å². The second-order valence-electron chi connectivity index (χ2n) is 5.72. The number of carbonyl (C=O) groups excluding carboxylic acids is 1. The number of nitrogens with zero attached hydrogens (tertiary/aromatic N) is 1. The van der Waals surface area contributed by atoms with E-state index in [1.54, 1.807) is 30.5 Å². The first-order valence-electron chi connectivity index (χ1n) is 8.31. The molecule has 0 spiro atoms. The van der Waals surface area contributed by atoms with Crippen LogP contribution in [0.1, 0.15) is 24.7 Å². The van der Waals surface area contributed by atoms with E-state index in [1.807, 2.05) is 25.1 Å². The molecular weight excluding hydrogens is 332 g/mol. The summed E-state index contributed by atoms with van der Waals surface area (Å²) >= 11 is 0. The van der Waals surface area contributed by atoms with Gasteiger partial charge < -0.3 is 19.2 Å². The number of methoxy groups -OCH3 is 1. The van der Waals surface area contributed by atoms with E-state index in [9.17, 15) is 4.79 Å². The molecule has 1 unspecified atom stereocenters. The lowest BCUT2D eigenvalue weighted by molar-refractivity contribution is -0.117. The Bertz CT molecular complexity index is 776. The average molecular weight is 354 g/mol. The predicted octanol–water partition coefficient (Wildman–Crippen LogP) is 3.34. The van der Waals surface area contributed by atoms with Gasteiger partial charge in [0.05, 0.1) is 13.4 Å². The highest BCUT2D eigenvalue weighted by atomic mass is 16.5. The van der Waals surface area contributed by atoms with E-state index >= 15 is 0 Å². The zero-order chi connectivity index (χ0) is 18.8. The Morgan fingerprint density at radius 3 is 2.92 bits per heavy atom. The fourth-order valence-corrected chi connectivity index (χ4v) is 2.37. The van der Waals surface area contributed by atoms with Crippen molar-refractivity contribution in [3.8, 4) is 17.6 Å². The van der Waals surface area contributed by atoms with Crippen molar-refractivity contribution < 1.29 is 18.7 Å². The van der Waals surface area contributed by atoms with Crippen LogP contribution in [0.15, 0.2) is 47.1 Å². The molecule has 0 bridgehead atoms. The summed E-state index contributed by atoms with van der Waals surface area (Å²) in [4.78, 5) is 12.0. The summed E-state index contributed by atoms with van der Waals surface area (Å²) in [6.45, 7) is 1.91. The second kappa shape index (κ2) is 9.94. The van der Waals surface area contributed by atoms with Crippen molar-refractivity contribution in [2.75, 3.05) is 13.7 Å². The molecule has 6 nitrogen and oxygen atoms in total. The van der Waals surface area contributed by atoms with Crippen LogP contribution in [-0.2, 0) is 11.2 Å². The van der Waals surface area contributed by atoms with Crippen LogP contribution in [0.5, 0.6) is 11.5 Å². The van der Waals surface area contributed by atoms with E-state index in [0.717, 1.165) is 24.2 Å². The molecule has 26 heavy (non-hydrogen) atoms. The molecule has 0 aliphatic rings. The molecule has 0 saturated carbocycles. The van der Waals surface area contributed by atoms with Gasteiger partial charge in [-0.05, 0) is 49.2 Å². The molecule has 1 amide bonds. The minimum atomic E-state index is -0.166. The van der Waals surface area contributed by atoms with E-state index in [-0.39, 0.29) is 18.6 Å². The highest BCUT2D eigenvalue weighted by Gasteiger charge is 2.07. The maximum absolute atomic E-state index is 12.0. The number of aryl methyl sites for hydroxylation is 1. The Balaban J connectivity index is 1.87. The van der Waals surface area contributed by atoms with Gasteiger partial charge in [-0.2, -0.15) is 5.26 Å². The van der Waals surface area contributed by atoms with Crippen LogP contribution in [0.2, 0.25) is 0 Å². The highest BCUT2D eigenvalue weighted by molar-refractivity contribution is 5.92. The van der Waals surface area contributed by atoms with Gasteiger partial charge >= 0.3 is 0 Å². The van der Waals surface area contributed by atoms with Crippen LogP contribution < -0.4 is 14.8 Å². The van der Waals surface area contributed by atoms with Crippen LogP contribution >= 0.6 is 0 Å². The van der Waals surface area contributed by atoms with Gasteiger partial charge in [0.1, 0.15) is 11.8 Å². The van der Waals surface area contributed by atoms with Gasteiger partial charge in [-0.1, -0.05) is 6.07 Å². The molecular formula is C20H22N2O4. The molecule has 1 heterocycles. The van der Waals surface area contributed by atoms with Crippen molar-refractivity contribution in [1.82, 2.24) is 5.32 Å². The Hall–Kier alpha value is -3.20. The minimum absolute atomic E-state index is 0.0357. The van der Waals surface area contributed by atoms with E-state index in [0.29, 0.717) is 11.5 Å². The van der Waals surface area contributed by atoms with Gasteiger partial charge in [0.25, 0.3) is 0 Å². The Labute approximate surface area is 153 Å². The number of nitrogens with one attached hydrogen (secondary N) is 1. The van der Waals surface area contributed by atoms with Gasteiger partial charge in [0, 0.05) is 18.5 Å². The lowest BCUT2D eigenvalue weighted by Gasteiger charge is -2.11. The third-order valence-corrected chi connectivity index (χ3v) is 3.70. The molecule has 0 aliphatic heterocycles. The maximum atomic E-state index is 12.0. The Morgan fingerprint density at radius 2 is 2.23 bits per heavy atom. The highest BCUT2D eigenvalue weighted by Crippen LogP contribution is 2.28. The summed E-state index contributed by atoms with van der Waals surface area (Å²) in [5, 5.41) is 11.5. The van der Waals surface area contributed by atoms with Crippen molar-refractivity contribution in [2.45, 2.75) is 25.8 Å². The summed E-state index contributed by atoms with van der Waals surface area (Å²) in [5.74, 6) is 1.74. The van der Waals surface area contributed by atoms with Crippen molar-refractivity contribution in [2.24, 2.45) is 0 Å². The molecule has 6 heteroatoms. The van der Waals surface area contributed by atoms with Crippen LogP contribution in [0.25, 0.3) is 6.08 Å². The third kappa shape index (κ3) is 6.02. The van der Waals surface area contributed by atoms with Gasteiger partial charge in [-0.15, -0.1) is 0 Å². The first-order chi connectivity index (χ1) is 12.6. The molecule has 0 fully saturated rings. The lowest BCUT2D eigenvalue weighted by Crippen LogP contribution is -2.31. The summed E-state index contributed by atoms with van der Waals surface area (Å²) in [5.41, 5.74) is 0.796. The smallest absolute Gasteiger partial charge is 0.244 e. The summed E-state index contributed by atoms with van der Waals surface area (Å²) < 4.78 is 15.8. The van der Waals surface area contributed by atoms with Gasteiger partial charge in [0.2, 0.25) is 5.91 Å². The van der Waals surface area contributed by atoms with Crippen molar-refractivity contribution in [3.05, 3.63) is 54.0 Å². The molecule has 0 radical (unpaired) electrons. The molecule has 0 aliphatic carbocycles. The van der Waals surface area contributed by atoms with Crippen molar-refractivity contribution in [3.63, 3.8) is 0 Å². The number of furan rings is 1. The average Bonchev–Trinajstić information content (AvgIpc) is 3.17. The third-order valence-electron chi connectivity index (χ3n) is 3.70. The second-order valence-corrected chi connectivity index (χ2v) is 5.72. The topological polar surface area (TPSA) is 84.5 Å². The summed E-state index contributed by atoms with van der Waals surface area (Å²) in [7, 11) is 1.52. The maximum Gasteiger partial charge on any atom is 0.244 e. The van der Waals surface area contributed by atoms with E-state index in [2.05, 4.69) is 5.32 Å². The molecule has 136 valence electrons. The van der Waals surface area contributed by atoms with Crippen molar-refractivity contribution in [1.29, 1.82) is 5.26 Å². The van der Waals surface area contributed by atoms with Crippen LogP contribution in [-0.4, -0.2) is 25.7 Å². The molecule has 2 aromatic rings. The van der Waals surface area contributed by atoms with Crippen LogP contribution in [0.3, 0.4) is 0 Å². The standard InChI is InChI=1S/C20H22N2O4/c1-15(5-8-17-4-3-12-25-17)22-20(23)10-7-16-6-9-18(26-13-11-21)19(14-16)24-2/h3-4,6-7,9-10,12,14-15H,5,8,13H2,1-2H3,(H,22,23)/b10-7+. The van der Waals surface area contributed by atoms with E-state index in [4.69, 9.17) is 19.2 Å². The monoisotopic (exact) mass is 354 g/mol. The number of amides is 1. The first kappa shape index (κ1) is 19.1. The zero-order valence-electron chi connectivity index (χ0n) is 14.9. The van der Waals surface area contributed by atoms with Gasteiger partial charge in [0.15, 0.2) is 18.1 Å². The predicted molar refractivity (Wildman–Crippen MR) is 97.8 cm³/mol. The zero-order valence-corrected chi connectivity index (χ0v) is 14.9. The SMILES string of the molecule is COc1cc(/C=C/C(=O)NC(C)CCc2ccco2)ccc1OCC#N. The van der Waals surface area contributed by atoms with Gasteiger partial charge in [-0.25, -0.2) is 0 Å². The number of rotatable bonds is 9. The Morgan fingerprint density at radius 1 is 1.38 bits per heavy atom. The Kier molecular flexibility index (Phi) is 7.31. The molecule has 1 aromatic carbocycles. The minimum Gasteiger partial charge on any atom is -0.493 e. The fraction of sp³-hybridized carbons (Fsp3) is 0.300. The van der Waals surface area contributed by atoms with E-state index < -0.39 is 0 Å². The van der Waals surface area contributed by atoms with Crippen molar-refractivity contribution >= 4 is 12.0 Å². The lowest BCUT2D eigenvalue weighted by atomic mass is 10.1. The van der Waals surface area contributed by atoms with Crippen LogP contribution in [0, 0.1) is 11.3 Å². The summed E-state index contributed by atoms with van der Waals surface area (Å²) in [6.07, 6.45) is 6.40. The quantitative estimate of drug-likeness (QED) is 0.698. The number of carbonyl (C=O) groups is 1. The molecule has 1 N–H and O–H groups in total. The largest absolute Gasteiger partial charge is 0.493 e. The first-order valence-corrected chi connectivity index (χ1v) is 8.31. The number of nitriles is 1. The number of ether oxygens (including phenoxy) is 2. The molecule has 1 aromatic heterocycles. The number of hydrogen-bond donors (Lipinski definition) is 1. The van der Waals surface area contributed by atoms with Gasteiger partial charge in [-0.3, -0.25) is 4.79 Å².